The number of benzene rings is 2. The van der Waals surface area contributed by atoms with Crippen LogP contribution in [0.4, 0.5) is 10.5 Å². The van der Waals surface area contributed by atoms with Crippen molar-refractivity contribution in [1.29, 1.82) is 0 Å². The van der Waals surface area contributed by atoms with Crippen molar-refractivity contribution in [2.45, 2.75) is 70.9 Å². The van der Waals surface area contributed by atoms with Crippen molar-refractivity contribution in [2.24, 2.45) is 0 Å². The van der Waals surface area contributed by atoms with Crippen molar-refractivity contribution < 1.29 is 18.7 Å². The van der Waals surface area contributed by atoms with Gasteiger partial charge in [-0.15, -0.1) is 6.42 Å². The fourth-order valence-corrected chi connectivity index (χ4v) is 4.99. The van der Waals surface area contributed by atoms with E-state index in [1.54, 1.807) is 0 Å². The van der Waals surface area contributed by atoms with E-state index in [-0.39, 0.29) is 11.9 Å². The van der Waals surface area contributed by atoms with Crippen LogP contribution < -0.4 is 5.32 Å². The fourth-order valence-electron chi connectivity index (χ4n) is 4.99. The van der Waals surface area contributed by atoms with Gasteiger partial charge in [-0.05, 0) is 48.9 Å². The monoisotopic (exact) mass is 486 g/mol. The van der Waals surface area contributed by atoms with Crippen molar-refractivity contribution in [2.75, 3.05) is 11.9 Å². The van der Waals surface area contributed by atoms with Gasteiger partial charge >= 0.3 is 6.09 Å². The molecule has 4 rings (SSSR count). The summed E-state index contributed by atoms with van der Waals surface area (Å²) in [7, 11) is 0. The zero-order valence-corrected chi connectivity index (χ0v) is 21.1. The number of carbonyl (C=O) groups is 2. The summed E-state index contributed by atoms with van der Waals surface area (Å²) in [6, 6.07) is 15.0. The number of furan rings is 1. The number of para-hydroxylation sites is 1. The molecular formula is C30H34N2O4. The molecule has 0 radical (unpaired) electrons. The summed E-state index contributed by atoms with van der Waals surface area (Å²) in [6.07, 6.45) is 11.7. The molecule has 0 saturated heterocycles. The highest BCUT2D eigenvalue weighted by Crippen LogP contribution is 2.43. The predicted molar refractivity (Wildman–Crippen MR) is 142 cm³/mol. The average Bonchev–Trinajstić information content (AvgIpc) is 3.27. The number of amides is 2. The molecule has 1 aromatic heterocycles. The lowest BCUT2D eigenvalue weighted by molar-refractivity contribution is -0.130. The minimum Gasteiger partial charge on any atom is -0.458 e. The lowest BCUT2D eigenvalue weighted by Gasteiger charge is -2.40. The van der Waals surface area contributed by atoms with Gasteiger partial charge in [0.05, 0.1) is 6.61 Å². The Labute approximate surface area is 213 Å². The summed E-state index contributed by atoms with van der Waals surface area (Å²) < 4.78 is 11.6. The number of unbranched alkanes of at least 4 members (excludes halogenated alkanes) is 3. The van der Waals surface area contributed by atoms with Crippen LogP contribution in [0.15, 0.2) is 52.9 Å². The maximum Gasteiger partial charge on any atom is 0.411 e. The molecule has 2 heterocycles. The molecule has 2 aromatic carbocycles. The maximum atomic E-state index is 13.1. The number of terminal acetylenes is 1. The molecule has 2 amide bonds. The Morgan fingerprint density at radius 3 is 2.56 bits per heavy atom. The molecule has 3 aromatic rings. The molecule has 1 N–H and O–H groups in total. The van der Waals surface area contributed by atoms with E-state index in [0.29, 0.717) is 18.7 Å². The van der Waals surface area contributed by atoms with Crippen LogP contribution in [0.25, 0.3) is 11.0 Å². The van der Waals surface area contributed by atoms with Gasteiger partial charge < -0.3 is 14.1 Å². The van der Waals surface area contributed by atoms with Crippen LogP contribution in [0.2, 0.25) is 0 Å². The van der Waals surface area contributed by atoms with E-state index in [4.69, 9.17) is 15.6 Å². The van der Waals surface area contributed by atoms with Gasteiger partial charge in [0, 0.05) is 22.7 Å². The summed E-state index contributed by atoms with van der Waals surface area (Å²) in [6.45, 7) is 4.65. The minimum atomic E-state index is -0.472. The Kier molecular flexibility index (Phi) is 8.32. The second kappa shape index (κ2) is 11.8. The van der Waals surface area contributed by atoms with E-state index < -0.39 is 12.1 Å². The highest BCUT2D eigenvalue weighted by Gasteiger charge is 2.41. The number of hydrogen-bond acceptors (Lipinski definition) is 4. The third-order valence-corrected chi connectivity index (χ3v) is 6.79. The van der Waals surface area contributed by atoms with Crippen molar-refractivity contribution in [3.8, 4) is 12.3 Å². The van der Waals surface area contributed by atoms with E-state index in [0.717, 1.165) is 66.4 Å². The second-order valence-electron chi connectivity index (χ2n) is 9.29. The fraction of sp³-hybridized carbons (Fsp3) is 0.400. The molecule has 0 aliphatic carbocycles. The number of carbonyl (C=O) groups excluding carboxylic acids is 2. The number of nitrogens with zero attached hydrogens (tertiary/aromatic N) is 1. The first kappa shape index (κ1) is 25.4. The van der Waals surface area contributed by atoms with Gasteiger partial charge in [0.25, 0.3) is 5.91 Å². The Balaban J connectivity index is 1.66. The third-order valence-electron chi connectivity index (χ3n) is 6.79. The molecule has 2 atom stereocenters. The lowest BCUT2D eigenvalue weighted by Crippen LogP contribution is -2.47. The average molecular weight is 487 g/mol. The second-order valence-corrected chi connectivity index (χ2v) is 9.29. The van der Waals surface area contributed by atoms with Gasteiger partial charge in [-0.3, -0.25) is 10.1 Å². The summed E-state index contributed by atoms with van der Waals surface area (Å²) in [4.78, 5) is 27.0. The normalized spacial score (nSPS) is 16.9. The Hall–Kier alpha value is -3.72. The van der Waals surface area contributed by atoms with E-state index in [2.05, 4.69) is 31.2 Å². The van der Waals surface area contributed by atoms with E-state index in [1.165, 1.54) is 0 Å². The summed E-state index contributed by atoms with van der Waals surface area (Å²) >= 11 is 0. The summed E-state index contributed by atoms with van der Waals surface area (Å²) in [5, 5.41) is 3.85. The number of hydrogen-bond donors (Lipinski definition) is 1. The Bertz CT molecular complexity index is 1240. The van der Waals surface area contributed by atoms with E-state index in [9.17, 15) is 9.59 Å². The van der Waals surface area contributed by atoms with Gasteiger partial charge in [0.1, 0.15) is 17.4 Å². The minimum absolute atomic E-state index is 0.0251. The van der Waals surface area contributed by atoms with Gasteiger partial charge in [0.15, 0.2) is 0 Å². The highest BCUT2D eigenvalue weighted by molar-refractivity contribution is 5.94. The summed E-state index contributed by atoms with van der Waals surface area (Å²) in [5.74, 6) is 2.75. The molecule has 6 heteroatoms. The van der Waals surface area contributed by atoms with Crippen molar-refractivity contribution in [1.82, 2.24) is 4.90 Å². The zero-order valence-electron chi connectivity index (χ0n) is 21.1. The first-order valence-corrected chi connectivity index (χ1v) is 12.9. The van der Waals surface area contributed by atoms with Crippen LogP contribution in [-0.2, 0) is 16.0 Å². The van der Waals surface area contributed by atoms with Crippen molar-refractivity contribution in [3.63, 3.8) is 0 Å². The molecule has 6 nitrogen and oxygen atoms in total. The van der Waals surface area contributed by atoms with Crippen molar-refractivity contribution in [3.05, 3.63) is 65.4 Å². The highest BCUT2D eigenvalue weighted by atomic mass is 16.5. The molecular weight excluding hydrogens is 452 g/mol. The van der Waals surface area contributed by atoms with Crippen LogP contribution in [0.3, 0.4) is 0 Å². The number of rotatable bonds is 9. The number of anilines is 1. The molecule has 188 valence electrons. The first-order chi connectivity index (χ1) is 17.6. The Morgan fingerprint density at radius 2 is 1.83 bits per heavy atom. The van der Waals surface area contributed by atoms with Crippen LogP contribution in [0, 0.1) is 12.3 Å². The van der Waals surface area contributed by atoms with Crippen LogP contribution >= 0.6 is 0 Å². The van der Waals surface area contributed by atoms with E-state index >= 15 is 0 Å². The van der Waals surface area contributed by atoms with Crippen LogP contribution in [0.1, 0.15) is 75.3 Å². The third kappa shape index (κ3) is 5.41. The van der Waals surface area contributed by atoms with Gasteiger partial charge in [-0.25, -0.2) is 4.79 Å². The van der Waals surface area contributed by atoms with Crippen molar-refractivity contribution >= 4 is 28.7 Å². The smallest absolute Gasteiger partial charge is 0.411 e. The Morgan fingerprint density at radius 1 is 1.08 bits per heavy atom. The zero-order chi connectivity index (χ0) is 25.5. The quantitative estimate of drug-likeness (QED) is 0.266. The van der Waals surface area contributed by atoms with Crippen LogP contribution in [-0.4, -0.2) is 29.5 Å². The number of ether oxygens (including phenoxy) is 1. The molecule has 0 unspecified atom stereocenters. The largest absolute Gasteiger partial charge is 0.458 e. The molecule has 0 saturated carbocycles. The lowest BCUT2D eigenvalue weighted by atomic mass is 9.86. The molecule has 1 aliphatic rings. The predicted octanol–water partition coefficient (Wildman–Crippen LogP) is 6.84. The van der Waals surface area contributed by atoms with Crippen LogP contribution in [0.5, 0.6) is 0 Å². The van der Waals surface area contributed by atoms with Gasteiger partial charge in [-0.1, -0.05) is 69.9 Å². The molecule has 0 fully saturated rings. The standard InChI is InChI=1S/C30H34N2O4/c1-4-7-11-19-35-30(34)31-22-17-15-21(16-18-22)28-29-25(24-13-9-10-14-26(24)36-29)20-23(12-8-5-2)32(28)27(33)6-3/h3,9-10,13-18,23,28H,4-5,7-8,11-12,19-20H2,1-2H3,(H,31,34)/t23-,28-/m0/s1. The van der Waals surface area contributed by atoms with Gasteiger partial charge in [0.2, 0.25) is 0 Å². The topological polar surface area (TPSA) is 71.8 Å². The van der Waals surface area contributed by atoms with E-state index in [1.807, 2.05) is 47.4 Å². The number of nitrogens with one attached hydrogen (secondary N) is 1. The number of fused-ring (bicyclic) bond motifs is 3. The first-order valence-electron chi connectivity index (χ1n) is 12.9. The molecule has 0 spiro atoms. The maximum absolute atomic E-state index is 13.1. The SMILES string of the molecule is C#CC(=O)N1[C@@H](CCCC)Cc2c(oc3ccccc23)[C@@H]1c1ccc(NC(=O)OCCCCC)cc1. The molecule has 1 aliphatic heterocycles. The summed E-state index contributed by atoms with van der Waals surface area (Å²) in [5.41, 5.74) is 3.44. The van der Waals surface area contributed by atoms with Gasteiger partial charge in [-0.2, -0.15) is 0 Å². The molecule has 0 bridgehead atoms. The molecule has 36 heavy (non-hydrogen) atoms.